The van der Waals surface area contributed by atoms with Gasteiger partial charge in [-0.1, -0.05) is 18.2 Å². The summed E-state index contributed by atoms with van der Waals surface area (Å²) in [6.07, 6.45) is 7.41. The van der Waals surface area contributed by atoms with Crippen LogP contribution >= 0.6 is 0 Å². The molecule has 2 aromatic heterocycles. The molecule has 4 rings (SSSR count). The number of hydrogen-bond acceptors (Lipinski definition) is 4. The van der Waals surface area contributed by atoms with Crippen molar-refractivity contribution in [2.45, 2.75) is 25.8 Å². The number of piperidine rings is 1. The Morgan fingerprint density at radius 1 is 1.16 bits per heavy atom. The number of aromatic nitrogens is 5. The second-order valence-corrected chi connectivity index (χ2v) is 6.40. The minimum atomic E-state index is -0.0734. The smallest absolute Gasteiger partial charge is 0.276 e. The molecule has 25 heavy (non-hydrogen) atoms. The molecule has 1 aliphatic heterocycles. The summed E-state index contributed by atoms with van der Waals surface area (Å²) >= 11 is 0. The molecule has 0 unspecified atom stereocenters. The summed E-state index contributed by atoms with van der Waals surface area (Å²) in [6.45, 7) is 3.42. The first kappa shape index (κ1) is 15.6. The van der Waals surface area contributed by atoms with Crippen LogP contribution in [0.5, 0.6) is 0 Å². The van der Waals surface area contributed by atoms with Gasteiger partial charge < -0.3 is 4.90 Å². The zero-order valence-electron chi connectivity index (χ0n) is 14.1. The highest BCUT2D eigenvalue weighted by atomic mass is 16.2. The molecule has 0 saturated carbocycles. The number of nitrogens with zero attached hydrogens (tertiary/aromatic N) is 6. The summed E-state index contributed by atoms with van der Waals surface area (Å²) in [4.78, 5) is 16.2. The molecule has 0 bridgehead atoms. The maximum absolute atomic E-state index is 12.8. The number of amides is 1. The van der Waals surface area contributed by atoms with Crippen LogP contribution in [0.15, 0.2) is 48.9 Å². The maximum atomic E-state index is 12.8. The number of carbonyl (C=O) groups is 1. The number of carbonyl (C=O) groups excluding carboxylic acids is 1. The molecule has 1 aromatic carbocycles. The van der Waals surface area contributed by atoms with Crippen LogP contribution in [0, 0.1) is 6.92 Å². The molecule has 0 N–H and O–H groups in total. The van der Waals surface area contributed by atoms with E-state index in [-0.39, 0.29) is 11.9 Å². The maximum Gasteiger partial charge on any atom is 0.276 e. The molecule has 1 fully saturated rings. The average Bonchev–Trinajstić information content (AvgIpc) is 3.31. The van der Waals surface area contributed by atoms with Crippen molar-refractivity contribution in [2.24, 2.45) is 0 Å². The van der Waals surface area contributed by atoms with E-state index in [1.165, 1.54) is 11.0 Å². The van der Waals surface area contributed by atoms with Crippen LogP contribution < -0.4 is 0 Å². The lowest BCUT2D eigenvalue weighted by atomic mass is 10.1. The Labute approximate surface area is 145 Å². The van der Waals surface area contributed by atoms with Gasteiger partial charge in [-0.3, -0.25) is 9.48 Å². The molecular formula is C18H20N6O. The number of rotatable bonds is 3. The van der Waals surface area contributed by atoms with Gasteiger partial charge >= 0.3 is 0 Å². The van der Waals surface area contributed by atoms with Crippen molar-refractivity contribution in [3.63, 3.8) is 0 Å². The first-order valence-corrected chi connectivity index (χ1v) is 8.48. The second kappa shape index (κ2) is 6.51. The molecule has 0 aliphatic carbocycles. The quantitative estimate of drug-likeness (QED) is 0.736. The SMILES string of the molecule is Cc1cnn([C@@H]2CCCN(C(=O)c3cnn(-c4ccccc4)n3)C2)c1. The molecular weight excluding hydrogens is 316 g/mol. The van der Waals surface area contributed by atoms with Crippen LogP contribution in [-0.4, -0.2) is 48.7 Å². The molecule has 1 amide bonds. The molecule has 3 aromatic rings. The van der Waals surface area contributed by atoms with E-state index in [0.29, 0.717) is 12.2 Å². The Balaban J connectivity index is 1.50. The molecule has 0 spiro atoms. The Hall–Kier alpha value is -2.96. The minimum Gasteiger partial charge on any atom is -0.335 e. The Morgan fingerprint density at radius 3 is 2.76 bits per heavy atom. The van der Waals surface area contributed by atoms with Gasteiger partial charge in [-0.25, -0.2) is 0 Å². The van der Waals surface area contributed by atoms with Crippen LogP contribution in [0.3, 0.4) is 0 Å². The fourth-order valence-electron chi connectivity index (χ4n) is 3.20. The van der Waals surface area contributed by atoms with E-state index in [4.69, 9.17) is 0 Å². The van der Waals surface area contributed by atoms with Crippen LogP contribution in [0.1, 0.15) is 34.9 Å². The van der Waals surface area contributed by atoms with E-state index in [9.17, 15) is 4.79 Å². The van der Waals surface area contributed by atoms with Gasteiger partial charge in [0.15, 0.2) is 5.69 Å². The lowest BCUT2D eigenvalue weighted by Crippen LogP contribution is -2.41. The third-order valence-corrected chi connectivity index (χ3v) is 4.49. The first-order valence-electron chi connectivity index (χ1n) is 8.48. The monoisotopic (exact) mass is 336 g/mol. The summed E-state index contributed by atoms with van der Waals surface area (Å²) in [5.74, 6) is -0.0734. The zero-order chi connectivity index (χ0) is 17.2. The topological polar surface area (TPSA) is 68.8 Å². The van der Waals surface area contributed by atoms with Crippen molar-refractivity contribution >= 4 is 5.91 Å². The van der Waals surface area contributed by atoms with Crippen molar-refractivity contribution in [3.8, 4) is 5.69 Å². The van der Waals surface area contributed by atoms with Crippen molar-refractivity contribution in [1.29, 1.82) is 0 Å². The lowest BCUT2D eigenvalue weighted by molar-refractivity contribution is 0.0666. The van der Waals surface area contributed by atoms with E-state index in [1.54, 1.807) is 0 Å². The molecule has 128 valence electrons. The highest BCUT2D eigenvalue weighted by Crippen LogP contribution is 2.22. The van der Waals surface area contributed by atoms with E-state index < -0.39 is 0 Å². The van der Waals surface area contributed by atoms with Crippen LogP contribution in [0.25, 0.3) is 5.69 Å². The van der Waals surface area contributed by atoms with Gasteiger partial charge in [-0.15, -0.1) is 5.10 Å². The fourth-order valence-corrected chi connectivity index (χ4v) is 3.20. The van der Waals surface area contributed by atoms with Crippen molar-refractivity contribution < 1.29 is 4.79 Å². The predicted octanol–water partition coefficient (Wildman–Crippen LogP) is 2.25. The van der Waals surface area contributed by atoms with Gasteiger partial charge in [0.05, 0.1) is 24.1 Å². The molecule has 7 heteroatoms. The number of benzene rings is 1. The van der Waals surface area contributed by atoms with Gasteiger partial charge in [0.25, 0.3) is 5.91 Å². The summed E-state index contributed by atoms with van der Waals surface area (Å²) in [5.41, 5.74) is 2.35. The summed E-state index contributed by atoms with van der Waals surface area (Å²) < 4.78 is 1.97. The van der Waals surface area contributed by atoms with Gasteiger partial charge in [0, 0.05) is 19.3 Å². The largest absolute Gasteiger partial charge is 0.335 e. The van der Waals surface area contributed by atoms with Gasteiger partial charge in [0.1, 0.15) is 0 Å². The van der Waals surface area contributed by atoms with E-state index in [2.05, 4.69) is 15.3 Å². The highest BCUT2D eigenvalue weighted by Gasteiger charge is 2.27. The van der Waals surface area contributed by atoms with Crippen molar-refractivity contribution in [3.05, 3.63) is 60.2 Å². The third kappa shape index (κ3) is 3.17. The van der Waals surface area contributed by atoms with Crippen LogP contribution in [-0.2, 0) is 0 Å². The second-order valence-electron chi connectivity index (χ2n) is 6.40. The third-order valence-electron chi connectivity index (χ3n) is 4.49. The average molecular weight is 336 g/mol. The van der Waals surface area contributed by atoms with Gasteiger partial charge in [-0.05, 0) is 37.5 Å². The number of likely N-dealkylation sites (tertiary alicyclic amines) is 1. The molecule has 1 atom stereocenters. The minimum absolute atomic E-state index is 0.0734. The molecule has 3 heterocycles. The van der Waals surface area contributed by atoms with E-state index in [0.717, 1.165) is 30.6 Å². The normalized spacial score (nSPS) is 17.6. The first-order chi connectivity index (χ1) is 12.2. The predicted molar refractivity (Wildman–Crippen MR) is 92.5 cm³/mol. The lowest BCUT2D eigenvalue weighted by Gasteiger charge is -2.32. The van der Waals surface area contributed by atoms with E-state index in [1.807, 2.05) is 59.2 Å². The van der Waals surface area contributed by atoms with Crippen molar-refractivity contribution in [1.82, 2.24) is 29.7 Å². The summed E-state index contributed by atoms with van der Waals surface area (Å²) in [7, 11) is 0. The summed E-state index contributed by atoms with van der Waals surface area (Å²) in [5, 5.41) is 13.0. The molecule has 0 radical (unpaired) electrons. The van der Waals surface area contributed by atoms with Crippen molar-refractivity contribution in [2.75, 3.05) is 13.1 Å². The molecule has 1 saturated heterocycles. The molecule has 1 aliphatic rings. The van der Waals surface area contributed by atoms with Crippen LogP contribution in [0.4, 0.5) is 0 Å². The Kier molecular flexibility index (Phi) is 4.05. The van der Waals surface area contributed by atoms with Crippen LogP contribution in [0.2, 0.25) is 0 Å². The Morgan fingerprint density at radius 2 is 2.00 bits per heavy atom. The van der Waals surface area contributed by atoms with Gasteiger partial charge in [0.2, 0.25) is 0 Å². The molecule has 7 nitrogen and oxygen atoms in total. The highest BCUT2D eigenvalue weighted by molar-refractivity contribution is 5.92. The van der Waals surface area contributed by atoms with Gasteiger partial charge in [-0.2, -0.15) is 15.0 Å². The number of hydrogen-bond donors (Lipinski definition) is 0. The number of aryl methyl sites for hydroxylation is 1. The summed E-state index contributed by atoms with van der Waals surface area (Å²) in [6, 6.07) is 9.80. The Bertz CT molecular complexity index is 869. The fraction of sp³-hybridized carbons (Fsp3) is 0.333. The zero-order valence-corrected chi connectivity index (χ0v) is 14.1. The van der Waals surface area contributed by atoms with E-state index >= 15 is 0 Å². The number of para-hydroxylation sites is 1. The standard InChI is InChI=1S/C18H20N6O/c1-14-10-19-23(12-14)16-8-5-9-22(13-16)18(25)17-11-20-24(21-17)15-6-3-2-4-7-15/h2-4,6-7,10-12,16H,5,8-9,13H2,1H3/t16-/m1/s1.